The van der Waals surface area contributed by atoms with Crippen molar-refractivity contribution in [2.24, 2.45) is 5.92 Å². The summed E-state index contributed by atoms with van der Waals surface area (Å²) >= 11 is 5.35. The maximum atomic E-state index is 13.0. The number of rotatable bonds is 7. The highest BCUT2D eigenvalue weighted by atomic mass is 32.1. The van der Waals surface area contributed by atoms with Crippen molar-refractivity contribution in [2.75, 3.05) is 25.0 Å². The summed E-state index contributed by atoms with van der Waals surface area (Å²) in [5.74, 6) is 0.842. The number of thiocarbonyl (C=S) groups is 1. The van der Waals surface area contributed by atoms with Crippen LogP contribution >= 0.6 is 12.2 Å². The quantitative estimate of drug-likeness (QED) is 0.586. The smallest absolute Gasteiger partial charge is 0.257 e. The van der Waals surface area contributed by atoms with Crippen LogP contribution in [0.4, 0.5) is 5.69 Å². The van der Waals surface area contributed by atoms with Gasteiger partial charge in [-0.1, -0.05) is 32.0 Å². The predicted octanol–water partition coefficient (Wildman–Crippen LogP) is 4.86. The van der Waals surface area contributed by atoms with Gasteiger partial charge in [0, 0.05) is 18.7 Å². The molecular formula is C25H31N3O3S. The molecule has 1 aliphatic rings. The van der Waals surface area contributed by atoms with Gasteiger partial charge in [-0.15, -0.1) is 0 Å². The third-order valence-corrected chi connectivity index (χ3v) is 5.54. The highest BCUT2D eigenvalue weighted by Gasteiger charge is 2.21. The number of carbonyl (C=O) groups is 2. The van der Waals surface area contributed by atoms with E-state index in [0.29, 0.717) is 35.1 Å². The van der Waals surface area contributed by atoms with Crippen LogP contribution in [-0.2, 0) is 0 Å². The minimum Gasteiger partial charge on any atom is -0.494 e. The Morgan fingerprint density at radius 2 is 1.81 bits per heavy atom. The van der Waals surface area contributed by atoms with E-state index in [1.807, 2.05) is 23.1 Å². The molecule has 0 unspecified atom stereocenters. The molecule has 0 aromatic heterocycles. The number of para-hydroxylation sites is 1. The van der Waals surface area contributed by atoms with Gasteiger partial charge < -0.3 is 15.0 Å². The van der Waals surface area contributed by atoms with E-state index < -0.39 is 0 Å². The zero-order chi connectivity index (χ0) is 22.9. The largest absolute Gasteiger partial charge is 0.494 e. The van der Waals surface area contributed by atoms with Crippen molar-refractivity contribution < 1.29 is 14.3 Å². The second-order valence-electron chi connectivity index (χ2n) is 8.37. The maximum Gasteiger partial charge on any atom is 0.257 e. The number of ether oxygens (including phenoxy) is 1. The van der Waals surface area contributed by atoms with E-state index in [4.69, 9.17) is 17.0 Å². The first-order valence-corrected chi connectivity index (χ1v) is 11.6. The lowest BCUT2D eigenvalue weighted by molar-refractivity contribution is 0.0725. The van der Waals surface area contributed by atoms with E-state index in [1.54, 1.807) is 30.3 Å². The molecule has 0 aliphatic carbocycles. The molecule has 3 rings (SSSR count). The summed E-state index contributed by atoms with van der Waals surface area (Å²) in [5, 5.41) is 5.85. The van der Waals surface area contributed by atoms with Gasteiger partial charge >= 0.3 is 0 Å². The molecule has 0 radical (unpaired) electrons. The Morgan fingerprint density at radius 1 is 1.06 bits per heavy atom. The molecule has 170 valence electrons. The van der Waals surface area contributed by atoms with Crippen molar-refractivity contribution in [1.82, 2.24) is 10.2 Å². The van der Waals surface area contributed by atoms with Crippen molar-refractivity contribution in [3.05, 3.63) is 59.7 Å². The summed E-state index contributed by atoms with van der Waals surface area (Å²) in [5.41, 5.74) is 1.58. The zero-order valence-corrected chi connectivity index (χ0v) is 19.5. The molecule has 2 aromatic rings. The molecule has 0 saturated carbocycles. The Morgan fingerprint density at radius 3 is 2.56 bits per heavy atom. The van der Waals surface area contributed by atoms with E-state index >= 15 is 0 Å². The Labute approximate surface area is 195 Å². The van der Waals surface area contributed by atoms with E-state index in [0.717, 1.165) is 38.8 Å². The fourth-order valence-electron chi connectivity index (χ4n) is 3.51. The number of benzene rings is 2. The van der Waals surface area contributed by atoms with Crippen LogP contribution in [0.5, 0.6) is 5.75 Å². The third kappa shape index (κ3) is 6.79. The lowest BCUT2D eigenvalue weighted by Crippen LogP contribution is -2.37. The number of likely N-dealkylation sites (tertiary alicyclic amines) is 1. The lowest BCUT2D eigenvalue weighted by atomic mass is 10.1. The Kier molecular flexibility index (Phi) is 8.62. The van der Waals surface area contributed by atoms with Crippen LogP contribution in [0.15, 0.2) is 48.5 Å². The first-order valence-electron chi connectivity index (χ1n) is 11.2. The lowest BCUT2D eigenvalue weighted by Gasteiger charge is -2.27. The summed E-state index contributed by atoms with van der Waals surface area (Å²) in [6.07, 6.45) is 4.15. The molecule has 2 amide bonds. The van der Waals surface area contributed by atoms with Crippen LogP contribution in [-0.4, -0.2) is 41.5 Å². The van der Waals surface area contributed by atoms with Gasteiger partial charge in [0.1, 0.15) is 5.75 Å². The Bertz CT molecular complexity index is 955. The average molecular weight is 454 g/mol. The predicted molar refractivity (Wildman–Crippen MR) is 131 cm³/mol. The molecule has 0 atom stereocenters. The number of hydrogen-bond donors (Lipinski definition) is 2. The number of carbonyl (C=O) groups excluding carboxylic acids is 2. The van der Waals surface area contributed by atoms with Crippen molar-refractivity contribution in [1.29, 1.82) is 0 Å². The molecule has 0 bridgehead atoms. The van der Waals surface area contributed by atoms with Gasteiger partial charge in [0.05, 0.1) is 17.9 Å². The van der Waals surface area contributed by atoms with Crippen LogP contribution in [0.2, 0.25) is 0 Å². The van der Waals surface area contributed by atoms with Gasteiger partial charge in [0.15, 0.2) is 5.11 Å². The van der Waals surface area contributed by atoms with E-state index in [9.17, 15) is 9.59 Å². The Hall–Kier alpha value is -2.93. The van der Waals surface area contributed by atoms with Crippen LogP contribution in [0.3, 0.4) is 0 Å². The average Bonchev–Trinajstić information content (AvgIpc) is 2.79. The van der Waals surface area contributed by atoms with Crippen molar-refractivity contribution >= 4 is 34.8 Å². The molecular weight excluding hydrogens is 422 g/mol. The SMILES string of the molecule is CC(C)CCOc1cccc(C(=O)NC(=S)Nc2ccccc2C(=O)N2CCCCC2)c1. The van der Waals surface area contributed by atoms with Gasteiger partial charge in [0.25, 0.3) is 11.8 Å². The maximum absolute atomic E-state index is 13.0. The first-order chi connectivity index (χ1) is 15.4. The van der Waals surface area contributed by atoms with Crippen molar-refractivity contribution in [3.63, 3.8) is 0 Å². The molecule has 1 saturated heterocycles. The van der Waals surface area contributed by atoms with E-state index in [1.165, 1.54) is 0 Å². The fraction of sp³-hybridized carbons (Fsp3) is 0.400. The fourth-order valence-corrected chi connectivity index (χ4v) is 3.72. The summed E-state index contributed by atoms with van der Waals surface area (Å²) in [4.78, 5) is 27.5. The normalized spacial score (nSPS) is 13.5. The van der Waals surface area contributed by atoms with Crippen LogP contribution < -0.4 is 15.4 Å². The summed E-state index contributed by atoms with van der Waals surface area (Å²) in [6, 6.07) is 14.2. The standard InChI is InChI=1S/C25H31N3O3S/c1-18(2)13-16-31-20-10-8-9-19(17-20)23(29)27-25(32)26-22-12-5-4-11-21(22)24(30)28-14-6-3-7-15-28/h4-5,8-12,17-18H,3,6-7,13-16H2,1-2H3,(H2,26,27,29,32). The number of nitrogens with one attached hydrogen (secondary N) is 2. The molecule has 2 N–H and O–H groups in total. The molecule has 2 aromatic carbocycles. The number of anilines is 1. The molecule has 1 aliphatic heterocycles. The minimum atomic E-state index is -0.336. The van der Waals surface area contributed by atoms with Crippen LogP contribution in [0.25, 0.3) is 0 Å². The molecule has 0 spiro atoms. The number of piperidine rings is 1. The van der Waals surface area contributed by atoms with Crippen molar-refractivity contribution in [3.8, 4) is 5.75 Å². The molecule has 1 heterocycles. The van der Waals surface area contributed by atoms with Gasteiger partial charge in [-0.25, -0.2) is 0 Å². The first kappa shape index (κ1) is 23.7. The molecule has 7 heteroatoms. The molecule has 6 nitrogen and oxygen atoms in total. The van der Waals surface area contributed by atoms with E-state index in [-0.39, 0.29) is 16.9 Å². The Balaban J connectivity index is 1.61. The molecule has 32 heavy (non-hydrogen) atoms. The number of hydrogen-bond acceptors (Lipinski definition) is 4. The number of nitrogens with zero attached hydrogens (tertiary/aromatic N) is 1. The third-order valence-electron chi connectivity index (χ3n) is 5.34. The second kappa shape index (κ2) is 11.6. The van der Waals surface area contributed by atoms with Crippen LogP contribution in [0, 0.1) is 5.92 Å². The highest BCUT2D eigenvalue weighted by molar-refractivity contribution is 7.80. The van der Waals surface area contributed by atoms with Gasteiger partial charge in [-0.3, -0.25) is 14.9 Å². The highest BCUT2D eigenvalue weighted by Crippen LogP contribution is 2.20. The number of amides is 2. The van der Waals surface area contributed by atoms with Gasteiger partial charge in [-0.2, -0.15) is 0 Å². The second-order valence-corrected chi connectivity index (χ2v) is 8.77. The van der Waals surface area contributed by atoms with Gasteiger partial charge in [-0.05, 0) is 74.2 Å². The summed E-state index contributed by atoms with van der Waals surface area (Å²) < 4.78 is 5.74. The van der Waals surface area contributed by atoms with Crippen molar-refractivity contribution in [2.45, 2.75) is 39.5 Å². The topological polar surface area (TPSA) is 70.7 Å². The zero-order valence-electron chi connectivity index (χ0n) is 18.7. The van der Waals surface area contributed by atoms with Gasteiger partial charge in [0.2, 0.25) is 0 Å². The summed E-state index contributed by atoms with van der Waals surface area (Å²) in [7, 11) is 0. The molecule has 1 fully saturated rings. The summed E-state index contributed by atoms with van der Waals surface area (Å²) in [6.45, 7) is 6.41. The monoisotopic (exact) mass is 453 g/mol. The van der Waals surface area contributed by atoms with Crippen LogP contribution in [0.1, 0.15) is 60.2 Å². The minimum absolute atomic E-state index is 0.0202. The van der Waals surface area contributed by atoms with E-state index in [2.05, 4.69) is 24.5 Å².